The van der Waals surface area contributed by atoms with Crippen LogP contribution in [0.5, 0.6) is 0 Å². The maximum atomic E-state index is 13.3. The number of aromatic nitrogens is 2. The van der Waals surface area contributed by atoms with Crippen LogP contribution in [0.1, 0.15) is 28.8 Å². The van der Waals surface area contributed by atoms with E-state index in [1.165, 1.54) is 12.1 Å². The van der Waals surface area contributed by atoms with Crippen molar-refractivity contribution in [2.75, 3.05) is 0 Å². The van der Waals surface area contributed by atoms with Crippen LogP contribution < -0.4 is 16.5 Å². The normalized spacial score (nSPS) is 12.4. The number of H-pyrrole nitrogens is 1. The van der Waals surface area contributed by atoms with Crippen molar-refractivity contribution in [2.24, 2.45) is 16.5 Å². The van der Waals surface area contributed by atoms with Gasteiger partial charge in [0.2, 0.25) is 5.84 Å². The number of aryl methyl sites for hydroxylation is 1. The van der Waals surface area contributed by atoms with Crippen molar-refractivity contribution in [3.05, 3.63) is 64.5 Å². The van der Waals surface area contributed by atoms with Gasteiger partial charge >= 0.3 is 5.82 Å². The first kappa shape index (κ1) is 18.1. The molecule has 0 atom stereocenters. The lowest BCUT2D eigenvalue weighted by Crippen LogP contribution is -2.22. The summed E-state index contributed by atoms with van der Waals surface area (Å²) >= 11 is 0. The van der Waals surface area contributed by atoms with E-state index in [9.17, 15) is 18.0 Å². The molecule has 0 aliphatic carbocycles. The number of carbonyl (C=O) groups is 1. The number of benzene rings is 1. The van der Waals surface area contributed by atoms with Gasteiger partial charge in [0.05, 0.1) is 6.07 Å². The molecule has 130 valence electrons. The van der Waals surface area contributed by atoms with Crippen LogP contribution in [-0.2, 0) is 0 Å². The van der Waals surface area contributed by atoms with Crippen LogP contribution in [0.15, 0.2) is 35.0 Å². The Bertz CT molecular complexity index is 882. The van der Waals surface area contributed by atoms with Crippen molar-refractivity contribution in [3.8, 4) is 0 Å². The molecule has 0 spiro atoms. The summed E-state index contributed by atoms with van der Waals surface area (Å²) in [7, 11) is 0. The van der Waals surface area contributed by atoms with E-state index in [-0.39, 0.29) is 17.5 Å². The Kier molecular flexibility index (Phi) is 5.16. The molecule has 6 nitrogen and oxygen atoms in total. The number of hydrogen-bond donors (Lipinski definition) is 2. The van der Waals surface area contributed by atoms with Crippen LogP contribution in [0.3, 0.4) is 0 Å². The minimum absolute atomic E-state index is 0.0825. The number of carbonyl (C=O) groups excluding carboxylic acids is 1. The number of aromatic amines is 1. The highest BCUT2D eigenvalue weighted by Gasteiger charge is 2.22. The molecule has 1 aromatic heterocycles. The summed E-state index contributed by atoms with van der Waals surface area (Å²) < 4.78 is 39.6. The summed E-state index contributed by atoms with van der Waals surface area (Å²) in [6, 6.07) is 2.70. The average Bonchev–Trinajstić information content (AvgIpc) is 2.49. The Hall–Kier alpha value is -3.23. The lowest BCUT2D eigenvalue weighted by atomic mass is 10.1. The first-order valence-electron chi connectivity index (χ1n) is 7.05. The number of allylic oxidation sites excluding steroid dienone is 1. The summed E-state index contributed by atoms with van der Waals surface area (Å²) in [5, 5.41) is 0. The van der Waals surface area contributed by atoms with Gasteiger partial charge in [0.1, 0.15) is 5.69 Å². The van der Waals surface area contributed by atoms with Gasteiger partial charge in [-0.1, -0.05) is 4.99 Å². The zero-order valence-corrected chi connectivity index (χ0v) is 13.4. The molecule has 2 aromatic rings. The van der Waals surface area contributed by atoms with E-state index in [0.717, 1.165) is 0 Å². The maximum absolute atomic E-state index is 13.3. The van der Waals surface area contributed by atoms with Gasteiger partial charge in [0, 0.05) is 17.3 Å². The standard InChI is InChI=1S/C16H14F3N5O/c1-7(20)3-12(21)23-13-4-8(2)22-16(24-13)15(25)9-5-10(17)14(19)11(18)6-9/h3-6H,20H2,1-2H3,(H2,21,22,23,24)/p+1/b7-3-. The molecular weight excluding hydrogens is 335 g/mol. The first-order valence-corrected chi connectivity index (χ1v) is 7.05. The third-order valence-corrected chi connectivity index (χ3v) is 2.97. The third kappa shape index (κ3) is 4.40. The van der Waals surface area contributed by atoms with Gasteiger partial charge in [-0.05, 0) is 26.0 Å². The lowest BCUT2D eigenvalue weighted by molar-refractivity contribution is -0.371. The number of nitrogens with one attached hydrogen (secondary N) is 1. The molecule has 0 saturated heterocycles. The number of rotatable bonds is 4. The van der Waals surface area contributed by atoms with Crippen molar-refractivity contribution in [2.45, 2.75) is 13.8 Å². The Morgan fingerprint density at radius 1 is 1.20 bits per heavy atom. The zero-order chi connectivity index (χ0) is 18.7. The number of aliphatic imine (C=N–C) groups is 1. The van der Waals surface area contributed by atoms with Crippen molar-refractivity contribution in [3.63, 3.8) is 0 Å². The van der Waals surface area contributed by atoms with E-state index in [1.54, 1.807) is 13.8 Å². The number of ketones is 1. The second-order valence-electron chi connectivity index (χ2n) is 5.26. The Morgan fingerprint density at radius 2 is 1.80 bits per heavy atom. The minimum Gasteiger partial charge on any atom is -0.402 e. The fraction of sp³-hybridized carbons (Fsp3) is 0.125. The molecule has 0 amide bonds. The smallest absolute Gasteiger partial charge is 0.309 e. The number of amidine groups is 1. The van der Waals surface area contributed by atoms with Crippen LogP contribution in [0.2, 0.25) is 0 Å². The molecule has 2 rings (SSSR count). The molecule has 5 N–H and O–H groups in total. The average molecular weight is 350 g/mol. The van der Waals surface area contributed by atoms with Gasteiger partial charge in [-0.2, -0.15) is 0 Å². The molecule has 0 aliphatic rings. The SMILES string of the molecule is C/C(N)=C/C(N)=Nc1cc(C)nc(C(=O)c2cc(F)c(F)c(F)c2)[nH+]1. The summed E-state index contributed by atoms with van der Waals surface area (Å²) in [6.45, 7) is 3.21. The molecule has 0 saturated carbocycles. The molecule has 0 unspecified atom stereocenters. The van der Waals surface area contributed by atoms with Crippen molar-refractivity contribution in [1.82, 2.24) is 4.98 Å². The summed E-state index contributed by atoms with van der Waals surface area (Å²) in [5.74, 6) is -5.38. The molecule has 9 heteroatoms. The largest absolute Gasteiger partial charge is 0.402 e. The van der Waals surface area contributed by atoms with Gasteiger partial charge in [-0.25, -0.2) is 18.2 Å². The molecule has 0 radical (unpaired) electrons. The zero-order valence-electron chi connectivity index (χ0n) is 13.4. The molecule has 0 fully saturated rings. The van der Waals surface area contributed by atoms with Crippen molar-refractivity contribution >= 4 is 17.4 Å². The van der Waals surface area contributed by atoms with E-state index in [0.29, 0.717) is 23.5 Å². The highest BCUT2D eigenvalue weighted by atomic mass is 19.2. The van der Waals surface area contributed by atoms with E-state index in [2.05, 4.69) is 15.0 Å². The Balaban J connectivity index is 2.46. The predicted octanol–water partition coefficient (Wildman–Crippen LogP) is 1.70. The topological polar surface area (TPSA) is 109 Å². The number of hydrogen-bond acceptors (Lipinski definition) is 4. The van der Waals surface area contributed by atoms with Gasteiger partial charge in [-0.3, -0.25) is 4.79 Å². The molecule has 0 bridgehead atoms. The van der Waals surface area contributed by atoms with Gasteiger partial charge in [0.15, 0.2) is 17.5 Å². The van der Waals surface area contributed by atoms with Gasteiger partial charge in [-0.15, -0.1) is 4.98 Å². The molecule has 25 heavy (non-hydrogen) atoms. The van der Waals surface area contributed by atoms with Crippen LogP contribution in [0, 0.1) is 24.4 Å². The lowest BCUT2D eigenvalue weighted by Gasteiger charge is -2.01. The second kappa shape index (κ2) is 7.12. The quantitative estimate of drug-likeness (QED) is 0.379. The Labute approximate surface area is 141 Å². The second-order valence-corrected chi connectivity index (χ2v) is 5.26. The first-order chi connectivity index (χ1) is 11.7. The van der Waals surface area contributed by atoms with E-state index < -0.39 is 28.8 Å². The molecule has 1 aromatic carbocycles. The predicted molar refractivity (Wildman–Crippen MR) is 84.5 cm³/mol. The van der Waals surface area contributed by atoms with Crippen LogP contribution in [0.25, 0.3) is 0 Å². The van der Waals surface area contributed by atoms with E-state index in [4.69, 9.17) is 11.5 Å². The third-order valence-electron chi connectivity index (χ3n) is 2.97. The van der Waals surface area contributed by atoms with Crippen molar-refractivity contribution < 1.29 is 22.9 Å². The summed E-state index contributed by atoms with van der Waals surface area (Å²) in [5.41, 5.74) is 11.6. The Morgan fingerprint density at radius 3 is 2.36 bits per heavy atom. The van der Waals surface area contributed by atoms with Crippen LogP contribution in [0.4, 0.5) is 19.0 Å². The highest BCUT2D eigenvalue weighted by Crippen LogP contribution is 2.16. The summed E-state index contributed by atoms with van der Waals surface area (Å²) in [6.07, 6.45) is 1.41. The van der Waals surface area contributed by atoms with Gasteiger partial charge < -0.3 is 11.5 Å². The molecule has 1 heterocycles. The highest BCUT2D eigenvalue weighted by molar-refractivity contribution is 6.05. The minimum atomic E-state index is -1.65. The van der Waals surface area contributed by atoms with Crippen molar-refractivity contribution in [1.29, 1.82) is 0 Å². The fourth-order valence-corrected chi connectivity index (χ4v) is 1.99. The monoisotopic (exact) mass is 350 g/mol. The number of nitrogens with two attached hydrogens (primary N) is 2. The summed E-state index contributed by atoms with van der Waals surface area (Å²) in [4.78, 5) is 23.0. The maximum Gasteiger partial charge on any atom is 0.309 e. The molecular formula is C16H15F3N5O+. The number of halogens is 3. The molecule has 0 aliphatic heterocycles. The van der Waals surface area contributed by atoms with Gasteiger partial charge in [0.25, 0.3) is 11.6 Å². The van der Waals surface area contributed by atoms with Crippen LogP contribution in [-0.4, -0.2) is 16.6 Å². The number of nitrogens with zero attached hydrogens (tertiary/aromatic N) is 2. The van der Waals surface area contributed by atoms with E-state index >= 15 is 0 Å². The fourth-order valence-electron chi connectivity index (χ4n) is 1.99. The van der Waals surface area contributed by atoms with Crippen LogP contribution >= 0.6 is 0 Å². The van der Waals surface area contributed by atoms with E-state index in [1.807, 2.05) is 0 Å².